The second-order valence-corrected chi connectivity index (χ2v) is 5.53. The molecule has 5 heteroatoms. The number of rotatable bonds is 7. The minimum atomic E-state index is -0.908. The molecule has 21 heavy (non-hydrogen) atoms. The molecule has 3 N–H and O–H groups in total. The molecule has 0 aliphatic rings. The van der Waals surface area contributed by atoms with E-state index >= 15 is 0 Å². The Kier molecular flexibility index (Phi) is 6.72. The highest BCUT2D eigenvalue weighted by Crippen LogP contribution is 2.07. The number of aliphatic carboxylic acids is 1. The van der Waals surface area contributed by atoms with Crippen molar-refractivity contribution < 1.29 is 14.7 Å². The molecule has 1 rings (SSSR count). The quantitative estimate of drug-likeness (QED) is 0.721. The third-order valence-corrected chi connectivity index (χ3v) is 3.46. The zero-order valence-electron chi connectivity index (χ0n) is 12.8. The fourth-order valence-electron chi connectivity index (χ4n) is 2.06. The van der Waals surface area contributed by atoms with Crippen molar-refractivity contribution in [1.82, 2.24) is 10.6 Å². The molecular weight excluding hydrogens is 268 g/mol. The smallest absolute Gasteiger partial charge is 0.315 e. The normalized spacial score (nSPS) is 12.0. The highest BCUT2D eigenvalue weighted by molar-refractivity contribution is 5.75. The van der Waals surface area contributed by atoms with E-state index in [0.29, 0.717) is 6.54 Å². The van der Waals surface area contributed by atoms with Gasteiger partial charge in [0.15, 0.2) is 0 Å². The molecule has 0 radical (unpaired) electrons. The van der Waals surface area contributed by atoms with Gasteiger partial charge in [0.05, 0.1) is 6.42 Å². The number of carbonyl (C=O) groups excluding carboxylic acids is 1. The van der Waals surface area contributed by atoms with Crippen LogP contribution in [-0.2, 0) is 11.2 Å². The Labute approximate surface area is 125 Å². The first-order chi connectivity index (χ1) is 9.90. The van der Waals surface area contributed by atoms with Crippen molar-refractivity contribution >= 4 is 12.0 Å². The first-order valence-corrected chi connectivity index (χ1v) is 7.20. The van der Waals surface area contributed by atoms with Crippen molar-refractivity contribution in [2.45, 2.75) is 39.7 Å². The Bertz CT molecular complexity index is 486. The van der Waals surface area contributed by atoms with E-state index < -0.39 is 5.97 Å². The van der Waals surface area contributed by atoms with Gasteiger partial charge in [-0.15, -0.1) is 0 Å². The Hall–Kier alpha value is -2.04. The van der Waals surface area contributed by atoms with E-state index in [1.807, 2.05) is 45.0 Å². The van der Waals surface area contributed by atoms with Crippen molar-refractivity contribution in [2.75, 3.05) is 6.54 Å². The maximum atomic E-state index is 11.8. The Morgan fingerprint density at radius 2 is 1.90 bits per heavy atom. The molecule has 0 saturated carbocycles. The van der Waals surface area contributed by atoms with Crippen molar-refractivity contribution in [1.29, 1.82) is 0 Å². The van der Waals surface area contributed by atoms with E-state index in [1.54, 1.807) is 0 Å². The van der Waals surface area contributed by atoms with Crippen LogP contribution in [0.15, 0.2) is 24.3 Å². The monoisotopic (exact) mass is 292 g/mol. The highest BCUT2D eigenvalue weighted by atomic mass is 16.4. The number of carbonyl (C=O) groups is 2. The van der Waals surface area contributed by atoms with E-state index in [1.165, 1.54) is 11.1 Å². The predicted octanol–water partition coefficient (Wildman–Crippen LogP) is 2.34. The average Bonchev–Trinajstić information content (AvgIpc) is 2.39. The lowest BCUT2D eigenvalue weighted by Crippen LogP contribution is -2.45. The number of hydrogen-bond acceptors (Lipinski definition) is 2. The molecule has 0 aliphatic carbocycles. The zero-order chi connectivity index (χ0) is 15.8. The molecular formula is C16H24N2O3. The maximum Gasteiger partial charge on any atom is 0.315 e. The van der Waals surface area contributed by atoms with Crippen LogP contribution in [0.1, 0.15) is 31.4 Å². The minimum Gasteiger partial charge on any atom is -0.481 e. The second-order valence-electron chi connectivity index (χ2n) is 5.53. The van der Waals surface area contributed by atoms with Crippen LogP contribution in [0.25, 0.3) is 0 Å². The summed E-state index contributed by atoms with van der Waals surface area (Å²) >= 11 is 0. The molecule has 1 atom stereocenters. The van der Waals surface area contributed by atoms with Gasteiger partial charge in [0.1, 0.15) is 0 Å². The van der Waals surface area contributed by atoms with Crippen LogP contribution in [-0.4, -0.2) is 29.7 Å². The van der Waals surface area contributed by atoms with Gasteiger partial charge >= 0.3 is 12.0 Å². The lowest BCUT2D eigenvalue weighted by molar-refractivity contribution is -0.137. The molecule has 2 amide bonds. The number of carboxylic acids is 1. The number of hydrogen-bond donors (Lipinski definition) is 3. The molecule has 0 aliphatic heterocycles. The Balaban J connectivity index is 2.39. The standard InChI is InChI=1S/C16H24N2O3/c1-11(2)14(10-15(19)20)18-16(21)17-9-8-13-7-5-4-6-12(13)3/h4-7,11,14H,8-10H2,1-3H3,(H,19,20)(H2,17,18,21). The van der Waals surface area contributed by atoms with Gasteiger partial charge in [-0.1, -0.05) is 38.1 Å². The first kappa shape index (κ1) is 17.0. The van der Waals surface area contributed by atoms with Crippen molar-refractivity contribution in [3.63, 3.8) is 0 Å². The SMILES string of the molecule is Cc1ccccc1CCNC(=O)NC(CC(=O)O)C(C)C. The van der Waals surface area contributed by atoms with Gasteiger partial charge in [0.25, 0.3) is 0 Å². The number of benzene rings is 1. The van der Waals surface area contributed by atoms with E-state index in [4.69, 9.17) is 5.11 Å². The van der Waals surface area contributed by atoms with Crippen LogP contribution in [0.4, 0.5) is 4.79 Å². The number of amides is 2. The van der Waals surface area contributed by atoms with Crippen molar-refractivity contribution in [3.8, 4) is 0 Å². The maximum absolute atomic E-state index is 11.8. The van der Waals surface area contributed by atoms with E-state index in [-0.39, 0.29) is 24.4 Å². The van der Waals surface area contributed by atoms with Crippen LogP contribution >= 0.6 is 0 Å². The van der Waals surface area contributed by atoms with Crippen molar-refractivity contribution in [2.24, 2.45) is 5.92 Å². The van der Waals surface area contributed by atoms with Gasteiger partial charge < -0.3 is 15.7 Å². The number of nitrogens with one attached hydrogen (secondary N) is 2. The minimum absolute atomic E-state index is 0.0666. The van der Waals surface area contributed by atoms with Gasteiger partial charge in [-0.05, 0) is 30.4 Å². The summed E-state index contributed by atoms with van der Waals surface area (Å²) < 4.78 is 0. The largest absolute Gasteiger partial charge is 0.481 e. The molecule has 0 fully saturated rings. The third-order valence-electron chi connectivity index (χ3n) is 3.46. The summed E-state index contributed by atoms with van der Waals surface area (Å²) in [7, 11) is 0. The van der Waals surface area contributed by atoms with E-state index in [0.717, 1.165) is 6.42 Å². The lowest BCUT2D eigenvalue weighted by atomic mass is 10.0. The molecule has 0 saturated heterocycles. The Morgan fingerprint density at radius 3 is 2.48 bits per heavy atom. The summed E-state index contributed by atoms with van der Waals surface area (Å²) in [5, 5.41) is 14.3. The zero-order valence-corrected chi connectivity index (χ0v) is 12.8. The summed E-state index contributed by atoms with van der Waals surface area (Å²) in [5.41, 5.74) is 2.40. The summed E-state index contributed by atoms with van der Waals surface area (Å²) in [4.78, 5) is 22.6. The molecule has 116 valence electrons. The second kappa shape index (κ2) is 8.29. The van der Waals surface area contributed by atoms with Gasteiger partial charge in [-0.2, -0.15) is 0 Å². The molecule has 1 unspecified atom stereocenters. The molecule has 5 nitrogen and oxygen atoms in total. The van der Waals surface area contributed by atoms with Crippen LogP contribution < -0.4 is 10.6 Å². The molecule has 0 heterocycles. The van der Waals surface area contributed by atoms with E-state index in [2.05, 4.69) is 10.6 Å². The molecule has 1 aromatic carbocycles. The summed E-state index contributed by atoms with van der Waals surface area (Å²) in [6.07, 6.45) is 0.689. The third kappa shape index (κ3) is 6.29. The molecule has 1 aromatic rings. The molecule has 0 spiro atoms. The van der Waals surface area contributed by atoms with Crippen LogP contribution in [0.5, 0.6) is 0 Å². The van der Waals surface area contributed by atoms with Crippen LogP contribution in [0.3, 0.4) is 0 Å². The van der Waals surface area contributed by atoms with Crippen molar-refractivity contribution in [3.05, 3.63) is 35.4 Å². The van der Waals surface area contributed by atoms with Crippen LogP contribution in [0.2, 0.25) is 0 Å². The average molecular weight is 292 g/mol. The first-order valence-electron chi connectivity index (χ1n) is 7.20. The van der Waals surface area contributed by atoms with Gasteiger partial charge in [0, 0.05) is 12.6 Å². The fraction of sp³-hybridized carbons (Fsp3) is 0.500. The Morgan fingerprint density at radius 1 is 1.24 bits per heavy atom. The molecule has 0 aromatic heterocycles. The number of aryl methyl sites for hydroxylation is 1. The summed E-state index contributed by atoms with van der Waals surface area (Å²) in [5.74, 6) is -0.836. The fourth-order valence-corrected chi connectivity index (χ4v) is 2.06. The summed E-state index contributed by atoms with van der Waals surface area (Å²) in [6, 6.07) is 7.36. The molecule has 0 bridgehead atoms. The number of urea groups is 1. The lowest BCUT2D eigenvalue weighted by Gasteiger charge is -2.20. The van der Waals surface area contributed by atoms with Gasteiger partial charge in [-0.25, -0.2) is 4.79 Å². The topological polar surface area (TPSA) is 78.4 Å². The van der Waals surface area contributed by atoms with Crippen LogP contribution in [0, 0.1) is 12.8 Å². The number of carboxylic acid groups (broad SMARTS) is 1. The summed E-state index contributed by atoms with van der Waals surface area (Å²) in [6.45, 7) is 6.34. The van der Waals surface area contributed by atoms with Gasteiger partial charge in [-0.3, -0.25) is 4.79 Å². The predicted molar refractivity (Wildman–Crippen MR) is 82.3 cm³/mol. The highest BCUT2D eigenvalue weighted by Gasteiger charge is 2.19. The van der Waals surface area contributed by atoms with Gasteiger partial charge in [0.2, 0.25) is 0 Å². The van der Waals surface area contributed by atoms with E-state index in [9.17, 15) is 9.59 Å².